The number of urea groups is 1. The van der Waals surface area contributed by atoms with Crippen LogP contribution in [0.1, 0.15) is 55.6 Å². The molecule has 5 rings (SSSR count). The summed E-state index contributed by atoms with van der Waals surface area (Å²) in [6.45, 7) is 3.22. The summed E-state index contributed by atoms with van der Waals surface area (Å²) in [4.78, 5) is 29.8. The van der Waals surface area contributed by atoms with E-state index in [1.807, 2.05) is 6.07 Å². The molecule has 0 bridgehead atoms. The number of fused-ring (bicyclic) bond motifs is 3. The number of carbonyl (C=O) groups is 1. The second kappa shape index (κ2) is 6.72. The lowest BCUT2D eigenvalue weighted by molar-refractivity contribution is 0.226. The van der Waals surface area contributed by atoms with Crippen LogP contribution in [0, 0.1) is 5.82 Å². The summed E-state index contributed by atoms with van der Waals surface area (Å²) in [5, 5.41) is 0. The van der Waals surface area contributed by atoms with Gasteiger partial charge in [-0.15, -0.1) is 0 Å². The highest BCUT2D eigenvalue weighted by atomic mass is 19.1. The highest BCUT2D eigenvalue weighted by Crippen LogP contribution is 2.38. The number of amidine groups is 1. The maximum Gasteiger partial charge on any atom is 0.331 e. The number of imidazole rings is 1. The first-order valence-electron chi connectivity index (χ1n) is 10.2. The van der Waals surface area contributed by atoms with E-state index in [9.17, 15) is 9.18 Å². The molecule has 0 radical (unpaired) electrons. The number of halogens is 1. The van der Waals surface area contributed by atoms with Gasteiger partial charge in [-0.2, -0.15) is 0 Å². The van der Waals surface area contributed by atoms with E-state index in [2.05, 4.69) is 11.9 Å². The molecule has 0 saturated heterocycles. The molecule has 2 aromatic rings. The molecule has 1 fully saturated rings. The highest BCUT2D eigenvalue weighted by Gasteiger charge is 2.43. The average Bonchev–Trinajstić information content (AvgIpc) is 3.22. The van der Waals surface area contributed by atoms with Crippen LogP contribution < -0.4 is 4.90 Å². The fourth-order valence-electron chi connectivity index (χ4n) is 4.26. The van der Waals surface area contributed by atoms with E-state index in [1.54, 1.807) is 21.9 Å². The molecule has 1 N–H and O–H groups in total. The predicted octanol–water partition coefficient (Wildman–Crippen LogP) is 3.84. The van der Waals surface area contributed by atoms with E-state index < -0.39 is 0 Å². The van der Waals surface area contributed by atoms with E-state index in [4.69, 9.17) is 9.98 Å². The molecule has 1 aliphatic carbocycles. The van der Waals surface area contributed by atoms with E-state index in [1.165, 1.54) is 12.5 Å². The van der Waals surface area contributed by atoms with Gasteiger partial charge in [0.05, 0.1) is 12.6 Å². The summed E-state index contributed by atoms with van der Waals surface area (Å²) in [7, 11) is 0. The Morgan fingerprint density at radius 2 is 2.18 bits per heavy atom. The number of nitrogens with one attached hydrogen (secondary N) is 1. The molecular weight excluding hydrogens is 357 g/mol. The van der Waals surface area contributed by atoms with Crippen LogP contribution in [0.2, 0.25) is 0 Å². The molecule has 1 atom stereocenters. The third kappa shape index (κ3) is 2.80. The van der Waals surface area contributed by atoms with E-state index >= 15 is 0 Å². The van der Waals surface area contributed by atoms with Crippen LogP contribution in [-0.2, 0) is 6.42 Å². The molecule has 7 heteroatoms. The quantitative estimate of drug-likeness (QED) is 0.855. The second-order valence-electron chi connectivity index (χ2n) is 7.93. The molecule has 1 saturated carbocycles. The number of aliphatic imine (C=N–C) groups is 1. The number of rotatable bonds is 5. The van der Waals surface area contributed by atoms with Gasteiger partial charge in [-0.1, -0.05) is 25.5 Å². The Morgan fingerprint density at radius 1 is 1.32 bits per heavy atom. The first-order chi connectivity index (χ1) is 13.6. The maximum absolute atomic E-state index is 13.5. The zero-order chi connectivity index (χ0) is 19.3. The van der Waals surface area contributed by atoms with Gasteiger partial charge in [-0.05, 0) is 43.4 Å². The summed E-state index contributed by atoms with van der Waals surface area (Å²) in [6.07, 6.45) is 5.00. The Morgan fingerprint density at radius 3 is 2.89 bits per heavy atom. The van der Waals surface area contributed by atoms with Crippen molar-refractivity contribution >= 4 is 17.7 Å². The van der Waals surface area contributed by atoms with Crippen LogP contribution in [0.25, 0.3) is 0 Å². The molecule has 2 amide bonds. The van der Waals surface area contributed by atoms with Crippen LogP contribution in [0.15, 0.2) is 29.3 Å². The zero-order valence-electron chi connectivity index (χ0n) is 16.0. The van der Waals surface area contributed by atoms with Crippen LogP contribution in [-0.4, -0.2) is 45.9 Å². The standard InChI is InChI=1S/C21H24FN5O/c1-2-9-26-20-17(24-18(25-20)14-6-4-7-14)19-23-16(12-27(19)21(26)28)11-13-5-3-8-15(22)10-13/h3,5,8,10,14,16H,2,4,6-7,9,11-12H2,1H3,(H,24,25). The van der Waals surface area contributed by atoms with Gasteiger partial charge in [-0.3, -0.25) is 14.8 Å². The lowest BCUT2D eigenvalue weighted by Gasteiger charge is -2.32. The van der Waals surface area contributed by atoms with Crippen molar-refractivity contribution in [2.24, 2.45) is 4.99 Å². The van der Waals surface area contributed by atoms with Gasteiger partial charge in [0, 0.05) is 12.5 Å². The first kappa shape index (κ1) is 17.4. The summed E-state index contributed by atoms with van der Waals surface area (Å²) in [6, 6.07) is 6.47. The second-order valence-corrected chi connectivity index (χ2v) is 7.93. The van der Waals surface area contributed by atoms with Crippen molar-refractivity contribution in [2.45, 2.75) is 51.0 Å². The zero-order valence-corrected chi connectivity index (χ0v) is 16.0. The molecule has 0 spiro atoms. The molecule has 2 aliphatic heterocycles. The van der Waals surface area contributed by atoms with Gasteiger partial charge >= 0.3 is 6.03 Å². The number of aromatic amines is 1. The molecule has 6 nitrogen and oxygen atoms in total. The third-order valence-electron chi connectivity index (χ3n) is 5.90. The minimum absolute atomic E-state index is 0.0542. The van der Waals surface area contributed by atoms with Gasteiger partial charge in [0.25, 0.3) is 0 Å². The molecule has 1 unspecified atom stereocenters. The summed E-state index contributed by atoms with van der Waals surface area (Å²) < 4.78 is 13.5. The van der Waals surface area contributed by atoms with Crippen molar-refractivity contribution in [1.29, 1.82) is 0 Å². The van der Waals surface area contributed by atoms with E-state index in [-0.39, 0.29) is 17.9 Å². The number of hydrogen-bond acceptors (Lipinski definition) is 3. The van der Waals surface area contributed by atoms with Crippen molar-refractivity contribution in [3.8, 4) is 0 Å². The molecule has 28 heavy (non-hydrogen) atoms. The first-order valence-corrected chi connectivity index (χ1v) is 10.2. The summed E-state index contributed by atoms with van der Waals surface area (Å²) in [5.74, 6) is 2.60. The van der Waals surface area contributed by atoms with Crippen LogP contribution >= 0.6 is 0 Å². The fraction of sp³-hybridized carbons (Fsp3) is 0.476. The molecule has 146 valence electrons. The number of anilines is 1. The third-order valence-corrected chi connectivity index (χ3v) is 5.90. The molecule has 1 aromatic heterocycles. The molecular formula is C21H24FN5O. The van der Waals surface area contributed by atoms with Gasteiger partial charge < -0.3 is 4.98 Å². The Labute approximate surface area is 163 Å². The smallest absolute Gasteiger partial charge is 0.331 e. The minimum atomic E-state index is -0.243. The topological polar surface area (TPSA) is 64.6 Å². The number of hydrogen-bond donors (Lipinski definition) is 1. The monoisotopic (exact) mass is 381 g/mol. The van der Waals surface area contributed by atoms with Crippen LogP contribution in [0.5, 0.6) is 0 Å². The number of nitrogens with zero attached hydrogens (tertiary/aromatic N) is 4. The predicted molar refractivity (Wildman–Crippen MR) is 105 cm³/mol. The Kier molecular flexibility index (Phi) is 4.18. The SMILES string of the molecule is CCCN1C(=O)N2CC(Cc3cccc(F)c3)N=C2c2[nH]c(C3CCC3)nc21. The number of benzene rings is 1. The summed E-state index contributed by atoms with van der Waals surface area (Å²) >= 11 is 0. The van der Waals surface area contributed by atoms with Gasteiger partial charge in [0.15, 0.2) is 11.7 Å². The fourth-order valence-corrected chi connectivity index (χ4v) is 4.26. The highest BCUT2D eigenvalue weighted by molar-refractivity contribution is 6.18. The number of carbonyl (C=O) groups excluding carboxylic acids is 1. The number of aromatic nitrogens is 2. The van der Waals surface area contributed by atoms with E-state index in [0.29, 0.717) is 31.3 Å². The normalized spacial score (nSPS) is 21.4. The van der Waals surface area contributed by atoms with Crippen molar-refractivity contribution in [2.75, 3.05) is 18.0 Å². The van der Waals surface area contributed by atoms with Gasteiger partial charge in [0.2, 0.25) is 0 Å². The van der Waals surface area contributed by atoms with Gasteiger partial charge in [-0.25, -0.2) is 14.2 Å². The van der Waals surface area contributed by atoms with Crippen molar-refractivity contribution in [3.63, 3.8) is 0 Å². The molecule has 1 aromatic carbocycles. The van der Waals surface area contributed by atoms with Crippen molar-refractivity contribution in [3.05, 3.63) is 47.2 Å². The number of H-pyrrole nitrogens is 1. The molecule has 3 aliphatic rings. The minimum Gasteiger partial charge on any atom is -0.337 e. The van der Waals surface area contributed by atoms with Crippen molar-refractivity contribution in [1.82, 2.24) is 14.9 Å². The van der Waals surface area contributed by atoms with Crippen LogP contribution in [0.3, 0.4) is 0 Å². The number of amides is 2. The largest absolute Gasteiger partial charge is 0.337 e. The van der Waals surface area contributed by atoms with E-state index in [0.717, 1.165) is 42.2 Å². The van der Waals surface area contributed by atoms with Crippen molar-refractivity contribution < 1.29 is 9.18 Å². The summed E-state index contributed by atoms with van der Waals surface area (Å²) in [5.41, 5.74) is 1.75. The van der Waals surface area contributed by atoms with Gasteiger partial charge in [0.1, 0.15) is 17.3 Å². The Bertz CT molecular complexity index is 948. The Balaban J connectivity index is 1.48. The lowest BCUT2D eigenvalue weighted by Crippen LogP contribution is -2.50. The average molecular weight is 381 g/mol. The molecule has 3 heterocycles. The Hall–Kier alpha value is -2.70. The lowest BCUT2D eigenvalue weighted by atomic mass is 9.85. The maximum atomic E-state index is 13.5. The van der Waals surface area contributed by atoms with Crippen LogP contribution in [0.4, 0.5) is 15.0 Å².